The summed E-state index contributed by atoms with van der Waals surface area (Å²) in [6.45, 7) is 5.95. The van der Waals surface area contributed by atoms with Gasteiger partial charge in [0.25, 0.3) is 5.69 Å². The first kappa shape index (κ1) is 13.8. The monoisotopic (exact) mass is 290 g/mol. The summed E-state index contributed by atoms with van der Waals surface area (Å²) in [6, 6.07) is 4.63. The summed E-state index contributed by atoms with van der Waals surface area (Å²) in [6.07, 6.45) is 0. The molecule has 0 bridgehead atoms. The Balaban J connectivity index is 1.60. The largest absolute Gasteiger partial charge is 0.355 e. The van der Waals surface area contributed by atoms with Crippen LogP contribution < -0.4 is 10.6 Å². The minimum Gasteiger partial charge on any atom is -0.355 e. The van der Waals surface area contributed by atoms with Gasteiger partial charge in [0.15, 0.2) is 0 Å². The number of H-pyrrole nitrogens is 1. The van der Waals surface area contributed by atoms with E-state index >= 15 is 0 Å². The van der Waals surface area contributed by atoms with E-state index in [1.165, 1.54) is 12.1 Å². The molecule has 2 heterocycles. The summed E-state index contributed by atoms with van der Waals surface area (Å²) in [5.41, 5.74) is 1.47. The number of rotatable bonds is 5. The number of aromatic nitrogens is 2. The summed E-state index contributed by atoms with van der Waals surface area (Å²) in [5.74, 6) is 0.653. The van der Waals surface area contributed by atoms with E-state index in [1.807, 2.05) is 0 Å². The van der Waals surface area contributed by atoms with Gasteiger partial charge in [-0.2, -0.15) is 0 Å². The third-order valence-electron chi connectivity index (χ3n) is 3.61. The summed E-state index contributed by atoms with van der Waals surface area (Å²) >= 11 is 0. The number of nitro benzene ring substituents is 1. The van der Waals surface area contributed by atoms with Gasteiger partial charge >= 0.3 is 0 Å². The lowest BCUT2D eigenvalue weighted by molar-refractivity contribution is -0.384. The highest BCUT2D eigenvalue weighted by Crippen LogP contribution is 2.20. The van der Waals surface area contributed by atoms with E-state index in [2.05, 4.69) is 25.5 Å². The summed E-state index contributed by atoms with van der Waals surface area (Å²) in [7, 11) is 0. The fourth-order valence-electron chi connectivity index (χ4n) is 2.46. The van der Waals surface area contributed by atoms with E-state index in [0.717, 1.165) is 44.8 Å². The Bertz CT molecular complexity index is 635. The molecule has 21 heavy (non-hydrogen) atoms. The lowest BCUT2D eigenvalue weighted by atomic mass is 10.3. The molecule has 8 heteroatoms. The quantitative estimate of drug-likeness (QED) is 0.556. The molecule has 1 aliphatic heterocycles. The van der Waals surface area contributed by atoms with Crippen molar-refractivity contribution in [2.75, 3.05) is 44.6 Å². The normalized spacial score (nSPS) is 16.2. The van der Waals surface area contributed by atoms with Crippen molar-refractivity contribution in [1.29, 1.82) is 0 Å². The Hall–Kier alpha value is -2.19. The van der Waals surface area contributed by atoms with Gasteiger partial charge in [-0.3, -0.25) is 15.0 Å². The Morgan fingerprint density at radius 2 is 2.19 bits per heavy atom. The second-order valence-electron chi connectivity index (χ2n) is 5.06. The molecule has 0 amide bonds. The van der Waals surface area contributed by atoms with E-state index in [0.29, 0.717) is 11.5 Å². The molecule has 8 nitrogen and oxygen atoms in total. The number of hydrogen-bond acceptors (Lipinski definition) is 6. The summed E-state index contributed by atoms with van der Waals surface area (Å²) in [4.78, 5) is 20.2. The van der Waals surface area contributed by atoms with Crippen molar-refractivity contribution in [3.8, 4) is 0 Å². The van der Waals surface area contributed by atoms with Crippen LogP contribution in [0.5, 0.6) is 0 Å². The zero-order valence-corrected chi connectivity index (χ0v) is 11.6. The minimum atomic E-state index is -0.405. The van der Waals surface area contributed by atoms with Crippen molar-refractivity contribution in [2.45, 2.75) is 0 Å². The number of nitrogens with one attached hydrogen (secondary N) is 3. The van der Waals surface area contributed by atoms with Gasteiger partial charge in [-0.1, -0.05) is 0 Å². The number of non-ortho nitro benzene ring substituents is 1. The number of anilines is 1. The van der Waals surface area contributed by atoms with Crippen LogP contribution in [0.3, 0.4) is 0 Å². The molecule has 1 saturated heterocycles. The molecule has 0 unspecified atom stereocenters. The van der Waals surface area contributed by atoms with Crippen molar-refractivity contribution < 1.29 is 4.92 Å². The molecule has 1 aromatic carbocycles. The topological polar surface area (TPSA) is 99.1 Å². The van der Waals surface area contributed by atoms with Crippen LogP contribution in [0.2, 0.25) is 0 Å². The molecule has 112 valence electrons. The van der Waals surface area contributed by atoms with Crippen molar-refractivity contribution in [2.24, 2.45) is 0 Å². The van der Waals surface area contributed by atoms with Gasteiger partial charge in [-0.05, 0) is 6.07 Å². The molecule has 1 aromatic heterocycles. The fraction of sp³-hybridized carbons (Fsp3) is 0.462. The van der Waals surface area contributed by atoms with Gasteiger partial charge in [0, 0.05) is 51.4 Å². The summed E-state index contributed by atoms with van der Waals surface area (Å²) in [5, 5.41) is 17.3. The lowest BCUT2D eigenvalue weighted by Gasteiger charge is -2.26. The molecule has 3 rings (SSSR count). The number of piperazine rings is 1. The number of hydrogen-bond donors (Lipinski definition) is 3. The van der Waals surface area contributed by atoms with Gasteiger partial charge in [0.1, 0.15) is 0 Å². The number of nitro groups is 1. The summed E-state index contributed by atoms with van der Waals surface area (Å²) < 4.78 is 0. The first-order chi connectivity index (χ1) is 10.2. The van der Waals surface area contributed by atoms with Crippen LogP contribution in [0.4, 0.5) is 11.6 Å². The van der Waals surface area contributed by atoms with E-state index < -0.39 is 4.92 Å². The van der Waals surface area contributed by atoms with Crippen molar-refractivity contribution in [1.82, 2.24) is 20.2 Å². The van der Waals surface area contributed by atoms with E-state index in [1.54, 1.807) is 6.07 Å². The Kier molecular flexibility index (Phi) is 3.98. The number of aromatic amines is 1. The third kappa shape index (κ3) is 3.29. The second-order valence-corrected chi connectivity index (χ2v) is 5.06. The molecule has 0 saturated carbocycles. The zero-order valence-electron chi connectivity index (χ0n) is 11.6. The molecule has 3 N–H and O–H groups in total. The number of imidazole rings is 1. The third-order valence-corrected chi connectivity index (χ3v) is 3.61. The van der Waals surface area contributed by atoms with Gasteiger partial charge in [-0.15, -0.1) is 0 Å². The highest BCUT2D eigenvalue weighted by molar-refractivity contribution is 5.79. The van der Waals surface area contributed by atoms with Crippen molar-refractivity contribution >= 4 is 22.7 Å². The smallest absolute Gasteiger partial charge is 0.271 e. The highest BCUT2D eigenvalue weighted by Gasteiger charge is 2.11. The van der Waals surface area contributed by atoms with Gasteiger partial charge in [-0.25, -0.2) is 4.98 Å². The predicted octanol–water partition coefficient (Wildman–Crippen LogP) is 0.788. The molecule has 0 atom stereocenters. The fourth-order valence-corrected chi connectivity index (χ4v) is 2.46. The standard InChI is InChI=1S/C13H18N6O2/c20-19(21)10-1-2-11-12(9-10)17-13(16-11)15-5-8-18-6-3-14-4-7-18/h1-2,9,14H,3-8H2,(H2,15,16,17). The molecular formula is C13H18N6O2. The van der Waals surface area contributed by atoms with Gasteiger partial charge in [0.2, 0.25) is 5.95 Å². The van der Waals surface area contributed by atoms with Gasteiger partial charge < -0.3 is 15.6 Å². The van der Waals surface area contributed by atoms with E-state index in [-0.39, 0.29) is 5.69 Å². The molecule has 0 aliphatic carbocycles. The van der Waals surface area contributed by atoms with Gasteiger partial charge in [0.05, 0.1) is 16.0 Å². The van der Waals surface area contributed by atoms with E-state index in [9.17, 15) is 10.1 Å². The van der Waals surface area contributed by atoms with Crippen molar-refractivity contribution in [3.05, 3.63) is 28.3 Å². The maximum atomic E-state index is 10.7. The first-order valence-electron chi connectivity index (χ1n) is 7.03. The Morgan fingerprint density at radius 3 is 2.95 bits per heavy atom. The average Bonchev–Trinajstić information content (AvgIpc) is 2.90. The SMILES string of the molecule is O=[N+]([O-])c1ccc2nc(NCCN3CCNCC3)[nH]c2c1. The molecule has 1 aliphatic rings. The van der Waals surface area contributed by atoms with Crippen LogP contribution in [0, 0.1) is 10.1 Å². The highest BCUT2D eigenvalue weighted by atomic mass is 16.6. The van der Waals surface area contributed by atoms with Crippen LogP contribution >= 0.6 is 0 Å². The van der Waals surface area contributed by atoms with Crippen LogP contribution in [-0.4, -0.2) is 59.1 Å². The molecule has 2 aromatic rings. The van der Waals surface area contributed by atoms with Crippen LogP contribution in [0.15, 0.2) is 18.2 Å². The first-order valence-corrected chi connectivity index (χ1v) is 7.03. The molecule has 1 fully saturated rings. The van der Waals surface area contributed by atoms with Crippen LogP contribution in [-0.2, 0) is 0 Å². The minimum absolute atomic E-state index is 0.0681. The number of fused-ring (bicyclic) bond motifs is 1. The maximum Gasteiger partial charge on any atom is 0.271 e. The van der Waals surface area contributed by atoms with Crippen LogP contribution in [0.25, 0.3) is 11.0 Å². The molecule has 0 spiro atoms. The Labute approximate surface area is 121 Å². The van der Waals surface area contributed by atoms with E-state index in [4.69, 9.17) is 0 Å². The van der Waals surface area contributed by atoms with Crippen molar-refractivity contribution in [3.63, 3.8) is 0 Å². The second kappa shape index (κ2) is 6.06. The molecular weight excluding hydrogens is 272 g/mol. The van der Waals surface area contributed by atoms with Crippen LogP contribution in [0.1, 0.15) is 0 Å². The maximum absolute atomic E-state index is 10.7. The molecule has 0 radical (unpaired) electrons. The average molecular weight is 290 g/mol. The number of nitrogens with zero attached hydrogens (tertiary/aromatic N) is 3. The Morgan fingerprint density at radius 1 is 1.38 bits per heavy atom. The lowest BCUT2D eigenvalue weighted by Crippen LogP contribution is -2.45. The zero-order chi connectivity index (χ0) is 14.7. The number of benzene rings is 1. The predicted molar refractivity (Wildman–Crippen MR) is 80.5 cm³/mol.